The molecule has 0 bridgehead atoms. The van der Waals surface area contributed by atoms with Gasteiger partial charge in [-0.15, -0.1) is 0 Å². The molecule has 3 heteroatoms. The van der Waals surface area contributed by atoms with Crippen molar-refractivity contribution in [2.45, 2.75) is 0 Å². The molecule has 0 aliphatic rings. The van der Waals surface area contributed by atoms with Gasteiger partial charge in [-0.05, 0) is 85.8 Å². The molecule has 0 aliphatic heterocycles. The van der Waals surface area contributed by atoms with Gasteiger partial charge in [0, 0.05) is 32.7 Å². The van der Waals surface area contributed by atoms with Gasteiger partial charge in [-0.25, -0.2) is 0 Å². The highest BCUT2D eigenvalue weighted by Crippen LogP contribution is 2.49. The topological polar surface area (TPSA) is 39.4 Å². The van der Waals surface area contributed by atoms with E-state index in [0.717, 1.165) is 82.9 Å². The lowest BCUT2D eigenvalue weighted by atomic mass is 9.84. The maximum atomic E-state index is 6.82. The van der Waals surface area contributed by atoms with Crippen LogP contribution in [0, 0.1) is 0 Å². The fraction of sp³-hybridized carbons (Fsp3) is 0. The molecule has 9 aromatic carbocycles. The van der Waals surface area contributed by atoms with Crippen molar-refractivity contribution >= 4 is 76.4 Å². The Hall–Kier alpha value is -7.36. The van der Waals surface area contributed by atoms with Gasteiger partial charge in [0.2, 0.25) is 0 Å². The van der Waals surface area contributed by atoms with Crippen molar-refractivity contribution in [2.75, 3.05) is 0 Å². The highest BCUT2D eigenvalue weighted by molar-refractivity contribution is 6.26. The summed E-state index contributed by atoms with van der Waals surface area (Å²) in [4.78, 5) is 0. The van der Waals surface area contributed by atoms with E-state index in [2.05, 4.69) is 164 Å². The summed E-state index contributed by atoms with van der Waals surface area (Å²) >= 11 is 0. The van der Waals surface area contributed by atoms with Gasteiger partial charge in [0.1, 0.15) is 33.7 Å². The summed E-state index contributed by atoms with van der Waals surface area (Å²) in [6, 6.07) is 64.1. The molecule has 3 aromatic heterocycles. The van der Waals surface area contributed by atoms with Crippen LogP contribution in [0.15, 0.2) is 195 Å². The smallest absolute Gasteiger partial charge is 0.147 e. The number of hydrogen-bond acceptors (Lipinski definition) is 3. The van der Waals surface area contributed by atoms with Crippen LogP contribution in [0.25, 0.3) is 121 Å². The third-order valence-corrected chi connectivity index (χ3v) is 11.3. The van der Waals surface area contributed by atoms with Crippen molar-refractivity contribution in [3.05, 3.63) is 182 Å². The number of rotatable bonds is 4. The molecule has 55 heavy (non-hydrogen) atoms. The van der Waals surface area contributed by atoms with Crippen LogP contribution in [-0.4, -0.2) is 0 Å². The zero-order chi connectivity index (χ0) is 36.0. The van der Waals surface area contributed by atoms with Gasteiger partial charge in [-0.1, -0.05) is 146 Å². The minimum Gasteiger partial charge on any atom is -0.456 e. The van der Waals surface area contributed by atoms with E-state index in [1.807, 2.05) is 18.2 Å². The fourth-order valence-corrected chi connectivity index (χ4v) is 8.96. The fourth-order valence-electron chi connectivity index (χ4n) is 8.96. The van der Waals surface area contributed by atoms with Gasteiger partial charge in [0.15, 0.2) is 0 Å². The Kier molecular flexibility index (Phi) is 6.34. The molecular weight excluding hydrogens is 673 g/mol. The predicted molar refractivity (Wildman–Crippen MR) is 228 cm³/mol. The van der Waals surface area contributed by atoms with E-state index in [-0.39, 0.29) is 0 Å². The average molecular weight is 703 g/mol. The first-order valence-electron chi connectivity index (χ1n) is 18.7. The summed E-state index contributed by atoms with van der Waals surface area (Å²) in [5.74, 6) is 0.840. The lowest BCUT2D eigenvalue weighted by molar-refractivity contribution is 0.631. The van der Waals surface area contributed by atoms with Crippen LogP contribution in [0.4, 0.5) is 0 Å². The SMILES string of the molecule is c1ccc(-c2oc3ccc4c5cc(-c6c7ccccc7c(-c7cccc8oc9ccccc9c78)c7ccccc67)ccc5oc4c3c2-c2ccccc2)cc1. The molecule has 12 aromatic rings. The Bertz CT molecular complexity index is 3420. The lowest BCUT2D eigenvalue weighted by Crippen LogP contribution is -1.91. The van der Waals surface area contributed by atoms with E-state index >= 15 is 0 Å². The third kappa shape index (κ3) is 4.38. The molecule has 0 N–H and O–H groups in total. The minimum atomic E-state index is 0.803. The highest BCUT2D eigenvalue weighted by atomic mass is 16.3. The molecule has 0 saturated heterocycles. The highest BCUT2D eigenvalue weighted by Gasteiger charge is 2.24. The molecule has 0 spiro atoms. The van der Waals surface area contributed by atoms with Gasteiger partial charge in [-0.2, -0.15) is 0 Å². The first kappa shape index (κ1) is 30.1. The van der Waals surface area contributed by atoms with Crippen LogP contribution >= 0.6 is 0 Å². The number of hydrogen-bond donors (Lipinski definition) is 0. The van der Waals surface area contributed by atoms with Crippen LogP contribution in [0.5, 0.6) is 0 Å². The van der Waals surface area contributed by atoms with Gasteiger partial charge in [-0.3, -0.25) is 0 Å². The molecule has 0 aliphatic carbocycles. The summed E-state index contributed by atoms with van der Waals surface area (Å²) < 4.78 is 19.8. The Morgan fingerprint density at radius 2 is 0.836 bits per heavy atom. The van der Waals surface area contributed by atoms with Crippen LogP contribution in [0.3, 0.4) is 0 Å². The average Bonchev–Trinajstić information content (AvgIpc) is 3.95. The number of benzene rings is 9. The molecule has 0 saturated carbocycles. The van der Waals surface area contributed by atoms with Crippen LogP contribution in [0.2, 0.25) is 0 Å². The molecule has 0 atom stereocenters. The predicted octanol–water partition coefficient (Wildman–Crippen LogP) is 15.2. The quantitative estimate of drug-likeness (QED) is 0.171. The van der Waals surface area contributed by atoms with Crippen molar-refractivity contribution < 1.29 is 13.3 Å². The molecule has 3 nitrogen and oxygen atoms in total. The molecule has 0 fully saturated rings. The summed E-state index contributed by atoms with van der Waals surface area (Å²) in [6.07, 6.45) is 0. The van der Waals surface area contributed by atoms with Gasteiger partial charge >= 0.3 is 0 Å². The Morgan fingerprint density at radius 1 is 0.273 bits per heavy atom. The minimum absolute atomic E-state index is 0.803. The number of furan rings is 3. The maximum Gasteiger partial charge on any atom is 0.147 e. The second-order valence-electron chi connectivity index (χ2n) is 14.3. The molecule has 256 valence electrons. The first-order valence-corrected chi connectivity index (χ1v) is 18.7. The van der Waals surface area contributed by atoms with Crippen molar-refractivity contribution in [1.29, 1.82) is 0 Å². The third-order valence-electron chi connectivity index (χ3n) is 11.3. The number of fused-ring (bicyclic) bond motifs is 10. The van der Waals surface area contributed by atoms with Gasteiger partial charge in [0.25, 0.3) is 0 Å². The normalized spacial score (nSPS) is 12.0. The van der Waals surface area contributed by atoms with Gasteiger partial charge in [0.05, 0.1) is 5.39 Å². The van der Waals surface area contributed by atoms with Crippen molar-refractivity contribution in [2.24, 2.45) is 0 Å². The van der Waals surface area contributed by atoms with Crippen LogP contribution in [-0.2, 0) is 0 Å². The standard InChI is InChI=1S/C52H30O3/c1-3-14-31(15-4-1)47-50-45(55-51(47)32-16-5-2-6-17-32)29-27-38-41-30-33(26-28-43(41)54-52(38)50)46-34-18-7-9-20-36(34)48(37-21-10-8-19-35(37)46)40-23-13-25-44-49(40)39-22-11-12-24-42(39)53-44/h1-30H. The Morgan fingerprint density at radius 3 is 1.56 bits per heavy atom. The molecule has 12 rings (SSSR count). The Balaban J connectivity index is 1.13. The zero-order valence-corrected chi connectivity index (χ0v) is 29.5. The van der Waals surface area contributed by atoms with Crippen molar-refractivity contribution in [1.82, 2.24) is 0 Å². The molecule has 3 heterocycles. The van der Waals surface area contributed by atoms with Gasteiger partial charge < -0.3 is 13.3 Å². The molecule has 0 unspecified atom stereocenters. The van der Waals surface area contributed by atoms with E-state index in [1.54, 1.807) is 0 Å². The summed E-state index contributed by atoms with van der Waals surface area (Å²) in [7, 11) is 0. The lowest BCUT2D eigenvalue weighted by Gasteiger charge is -2.18. The zero-order valence-electron chi connectivity index (χ0n) is 29.5. The maximum absolute atomic E-state index is 6.82. The largest absolute Gasteiger partial charge is 0.456 e. The van der Waals surface area contributed by atoms with Crippen LogP contribution in [0.1, 0.15) is 0 Å². The van der Waals surface area contributed by atoms with Crippen molar-refractivity contribution in [3.63, 3.8) is 0 Å². The summed E-state index contributed by atoms with van der Waals surface area (Å²) in [6.45, 7) is 0. The summed E-state index contributed by atoms with van der Waals surface area (Å²) in [5, 5.41) is 10.2. The second-order valence-corrected chi connectivity index (χ2v) is 14.3. The first-order chi connectivity index (χ1) is 27.3. The number of para-hydroxylation sites is 1. The molecule has 0 amide bonds. The van der Waals surface area contributed by atoms with Crippen molar-refractivity contribution in [3.8, 4) is 44.7 Å². The second kappa shape index (κ2) is 11.6. The summed E-state index contributed by atoms with van der Waals surface area (Å²) in [5.41, 5.74) is 12.2. The van der Waals surface area contributed by atoms with E-state index < -0.39 is 0 Å². The molecule has 0 radical (unpaired) electrons. The Labute approximate surface area is 315 Å². The molecular formula is C52H30O3. The van der Waals surface area contributed by atoms with E-state index in [1.165, 1.54) is 38.2 Å². The monoisotopic (exact) mass is 702 g/mol. The van der Waals surface area contributed by atoms with E-state index in [9.17, 15) is 0 Å². The van der Waals surface area contributed by atoms with Crippen LogP contribution < -0.4 is 0 Å². The van der Waals surface area contributed by atoms with E-state index in [4.69, 9.17) is 13.3 Å². The van der Waals surface area contributed by atoms with E-state index in [0.29, 0.717) is 0 Å².